The van der Waals surface area contributed by atoms with Crippen LogP contribution in [-0.4, -0.2) is 11.2 Å². The van der Waals surface area contributed by atoms with Crippen molar-refractivity contribution in [3.63, 3.8) is 0 Å². The zero-order chi connectivity index (χ0) is 10.5. The number of benzene rings is 1. The highest BCUT2D eigenvalue weighted by Crippen LogP contribution is 2.29. The highest BCUT2D eigenvalue weighted by molar-refractivity contribution is 5.38. The van der Waals surface area contributed by atoms with Crippen LogP contribution in [0.2, 0.25) is 0 Å². The molecule has 1 aromatic carbocycles. The maximum absolute atomic E-state index is 9.59. The minimum Gasteiger partial charge on any atom is -0.504 e. The average Bonchev–Trinajstić information content (AvgIpc) is 2.50. The van der Waals surface area contributed by atoms with Gasteiger partial charge in [-0.1, -0.05) is 25.0 Å². The molecule has 0 atom stereocenters. The third-order valence-corrected chi connectivity index (χ3v) is 2.96. The Morgan fingerprint density at radius 3 is 2.33 bits per heavy atom. The van der Waals surface area contributed by atoms with Crippen molar-refractivity contribution in [3.8, 4) is 11.5 Å². The lowest BCUT2D eigenvalue weighted by atomic mass is 10.1. The summed E-state index contributed by atoms with van der Waals surface area (Å²) in [4.78, 5) is 0. The fourth-order valence-electron chi connectivity index (χ4n) is 2.10. The van der Waals surface area contributed by atoms with Gasteiger partial charge in [0.25, 0.3) is 0 Å². The van der Waals surface area contributed by atoms with E-state index >= 15 is 0 Å². The molecule has 0 spiro atoms. The van der Waals surface area contributed by atoms with Crippen molar-refractivity contribution in [2.45, 2.75) is 44.6 Å². The van der Waals surface area contributed by atoms with Crippen LogP contribution in [0.25, 0.3) is 0 Å². The summed E-state index contributed by atoms with van der Waals surface area (Å²) in [5.41, 5.74) is 0. The lowest BCUT2D eigenvalue weighted by Gasteiger charge is -2.17. The number of hydrogen-bond donors (Lipinski definition) is 1. The number of hydrogen-bond acceptors (Lipinski definition) is 2. The predicted molar refractivity (Wildman–Crippen MR) is 60.2 cm³/mol. The Balaban J connectivity index is 1.98. The summed E-state index contributed by atoms with van der Waals surface area (Å²) in [6, 6.07) is 7.22. The lowest BCUT2D eigenvalue weighted by molar-refractivity contribution is 0.177. The standard InChI is InChI=1S/C13H18O2/c14-12-9-5-6-10-13(12)15-11-7-3-1-2-4-8-11/h5-6,9-11,14H,1-4,7-8H2. The van der Waals surface area contributed by atoms with Crippen molar-refractivity contribution in [3.05, 3.63) is 24.3 Å². The second kappa shape index (κ2) is 5.06. The third-order valence-electron chi connectivity index (χ3n) is 2.96. The van der Waals surface area contributed by atoms with E-state index in [1.54, 1.807) is 6.07 Å². The van der Waals surface area contributed by atoms with E-state index in [0.29, 0.717) is 11.9 Å². The van der Waals surface area contributed by atoms with Crippen molar-refractivity contribution in [2.24, 2.45) is 0 Å². The Kier molecular flexibility index (Phi) is 3.49. The Bertz CT molecular complexity index is 301. The Labute approximate surface area is 90.9 Å². The molecule has 0 radical (unpaired) electrons. The normalized spacial score (nSPS) is 18.4. The molecule has 2 rings (SSSR count). The molecule has 2 nitrogen and oxygen atoms in total. The van der Waals surface area contributed by atoms with Crippen LogP contribution in [0.15, 0.2) is 24.3 Å². The van der Waals surface area contributed by atoms with Gasteiger partial charge in [0.15, 0.2) is 11.5 Å². The molecule has 0 unspecified atom stereocenters. The average molecular weight is 206 g/mol. The summed E-state index contributed by atoms with van der Waals surface area (Å²) in [6.07, 6.45) is 7.67. The van der Waals surface area contributed by atoms with Crippen LogP contribution >= 0.6 is 0 Å². The second-order valence-corrected chi connectivity index (χ2v) is 4.20. The van der Waals surface area contributed by atoms with E-state index in [9.17, 15) is 5.11 Å². The van der Waals surface area contributed by atoms with E-state index in [1.165, 1.54) is 25.7 Å². The molecule has 0 aliphatic heterocycles. The third kappa shape index (κ3) is 2.88. The smallest absolute Gasteiger partial charge is 0.161 e. The molecular weight excluding hydrogens is 188 g/mol. The topological polar surface area (TPSA) is 29.5 Å². The molecule has 1 aliphatic carbocycles. The van der Waals surface area contributed by atoms with Crippen molar-refractivity contribution >= 4 is 0 Å². The number of rotatable bonds is 2. The Morgan fingerprint density at radius 1 is 1.00 bits per heavy atom. The Morgan fingerprint density at radius 2 is 1.67 bits per heavy atom. The van der Waals surface area contributed by atoms with Crippen LogP contribution < -0.4 is 4.74 Å². The molecule has 0 bridgehead atoms. The molecule has 15 heavy (non-hydrogen) atoms. The summed E-state index contributed by atoms with van der Waals surface area (Å²) in [6.45, 7) is 0. The number of para-hydroxylation sites is 2. The van der Waals surface area contributed by atoms with Crippen molar-refractivity contribution in [1.29, 1.82) is 0 Å². The summed E-state index contributed by atoms with van der Waals surface area (Å²) in [5, 5.41) is 9.59. The zero-order valence-corrected chi connectivity index (χ0v) is 8.98. The summed E-state index contributed by atoms with van der Waals surface area (Å²) in [7, 11) is 0. The zero-order valence-electron chi connectivity index (χ0n) is 8.98. The first-order valence-corrected chi connectivity index (χ1v) is 5.81. The largest absolute Gasteiger partial charge is 0.504 e. The SMILES string of the molecule is Oc1ccccc1OC1CCCCCC1. The van der Waals surface area contributed by atoms with E-state index in [0.717, 1.165) is 12.8 Å². The van der Waals surface area contributed by atoms with Crippen LogP contribution in [0, 0.1) is 0 Å². The number of phenolic OH excluding ortho intramolecular Hbond substituents is 1. The van der Waals surface area contributed by atoms with E-state index in [-0.39, 0.29) is 5.75 Å². The molecule has 0 heterocycles. The van der Waals surface area contributed by atoms with E-state index in [4.69, 9.17) is 4.74 Å². The second-order valence-electron chi connectivity index (χ2n) is 4.20. The number of phenols is 1. The first-order chi connectivity index (χ1) is 7.36. The fourth-order valence-corrected chi connectivity index (χ4v) is 2.10. The molecule has 2 heteroatoms. The monoisotopic (exact) mass is 206 g/mol. The molecule has 1 saturated carbocycles. The minimum absolute atomic E-state index is 0.252. The predicted octanol–water partition coefficient (Wildman–Crippen LogP) is 3.49. The lowest BCUT2D eigenvalue weighted by Crippen LogP contribution is -2.14. The molecule has 0 aromatic heterocycles. The van der Waals surface area contributed by atoms with E-state index in [1.807, 2.05) is 18.2 Å². The molecule has 1 fully saturated rings. The van der Waals surface area contributed by atoms with Gasteiger partial charge >= 0.3 is 0 Å². The van der Waals surface area contributed by atoms with E-state index in [2.05, 4.69) is 0 Å². The van der Waals surface area contributed by atoms with Gasteiger partial charge in [-0.2, -0.15) is 0 Å². The maximum Gasteiger partial charge on any atom is 0.161 e. The van der Waals surface area contributed by atoms with Crippen LogP contribution in [0.4, 0.5) is 0 Å². The van der Waals surface area contributed by atoms with Gasteiger partial charge in [-0.25, -0.2) is 0 Å². The molecule has 0 saturated heterocycles. The van der Waals surface area contributed by atoms with Crippen molar-refractivity contribution < 1.29 is 9.84 Å². The van der Waals surface area contributed by atoms with Gasteiger partial charge in [0, 0.05) is 0 Å². The highest BCUT2D eigenvalue weighted by atomic mass is 16.5. The highest BCUT2D eigenvalue weighted by Gasteiger charge is 2.14. The number of ether oxygens (including phenoxy) is 1. The summed E-state index contributed by atoms with van der Waals surface area (Å²) >= 11 is 0. The molecule has 1 aliphatic rings. The molecule has 82 valence electrons. The van der Waals surface area contributed by atoms with Gasteiger partial charge in [0.05, 0.1) is 6.10 Å². The van der Waals surface area contributed by atoms with Gasteiger partial charge < -0.3 is 9.84 Å². The molecule has 1 aromatic rings. The van der Waals surface area contributed by atoms with Gasteiger partial charge in [0.2, 0.25) is 0 Å². The summed E-state index contributed by atoms with van der Waals surface area (Å²) in [5.74, 6) is 0.881. The van der Waals surface area contributed by atoms with Gasteiger partial charge in [-0.3, -0.25) is 0 Å². The number of aromatic hydroxyl groups is 1. The van der Waals surface area contributed by atoms with Crippen LogP contribution in [0.3, 0.4) is 0 Å². The first-order valence-electron chi connectivity index (χ1n) is 5.81. The quantitative estimate of drug-likeness (QED) is 0.750. The molecular formula is C13H18O2. The van der Waals surface area contributed by atoms with Crippen LogP contribution in [0.5, 0.6) is 11.5 Å². The summed E-state index contributed by atoms with van der Waals surface area (Å²) < 4.78 is 5.82. The van der Waals surface area contributed by atoms with Gasteiger partial charge in [-0.15, -0.1) is 0 Å². The van der Waals surface area contributed by atoms with Crippen LogP contribution in [0.1, 0.15) is 38.5 Å². The fraction of sp³-hybridized carbons (Fsp3) is 0.538. The Hall–Kier alpha value is -1.18. The van der Waals surface area contributed by atoms with Gasteiger partial charge in [-0.05, 0) is 37.8 Å². The van der Waals surface area contributed by atoms with E-state index < -0.39 is 0 Å². The first kappa shape index (κ1) is 10.3. The van der Waals surface area contributed by atoms with Crippen molar-refractivity contribution in [1.82, 2.24) is 0 Å². The molecule has 0 amide bonds. The maximum atomic E-state index is 9.59. The molecule has 1 N–H and O–H groups in total. The van der Waals surface area contributed by atoms with Gasteiger partial charge in [0.1, 0.15) is 0 Å². The minimum atomic E-state index is 0.252. The van der Waals surface area contributed by atoms with Crippen molar-refractivity contribution in [2.75, 3.05) is 0 Å². The van der Waals surface area contributed by atoms with Crippen LogP contribution in [-0.2, 0) is 0 Å².